The highest BCUT2D eigenvalue weighted by atomic mass is 15.2. The molecule has 2 aromatic rings. The van der Waals surface area contributed by atoms with Crippen LogP contribution >= 0.6 is 0 Å². The molecule has 78 valence electrons. The second kappa shape index (κ2) is 3.07. The van der Waals surface area contributed by atoms with Crippen LogP contribution in [0.25, 0.3) is 5.52 Å². The van der Waals surface area contributed by atoms with Gasteiger partial charge in [0.25, 0.3) is 0 Å². The van der Waals surface area contributed by atoms with E-state index in [1.807, 2.05) is 23.0 Å². The molecule has 0 atom stereocenters. The van der Waals surface area contributed by atoms with Crippen LogP contribution in [-0.2, 0) is 6.42 Å². The first-order valence-corrected chi connectivity index (χ1v) is 5.47. The summed E-state index contributed by atoms with van der Waals surface area (Å²) >= 11 is 0. The Morgan fingerprint density at radius 2 is 2.27 bits per heavy atom. The number of pyridine rings is 1. The summed E-state index contributed by atoms with van der Waals surface area (Å²) in [4.78, 5) is 0. The lowest BCUT2D eigenvalue weighted by atomic mass is 10.1. The number of hydrogen-bond acceptors (Lipinski definition) is 2. The van der Waals surface area contributed by atoms with E-state index in [4.69, 9.17) is 5.73 Å². The average Bonchev–Trinajstić information content (AvgIpc) is 2.86. The number of nitrogens with two attached hydrogens (primary N) is 1. The number of hydrogen-bond donors (Lipinski definition) is 1. The van der Waals surface area contributed by atoms with Crippen molar-refractivity contribution < 1.29 is 0 Å². The third-order valence-electron chi connectivity index (χ3n) is 3.29. The van der Waals surface area contributed by atoms with Gasteiger partial charge in [-0.3, -0.25) is 0 Å². The zero-order valence-electron chi connectivity index (χ0n) is 8.69. The minimum Gasteiger partial charge on any atom is -0.325 e. The monoisotopic (exact) mass is 201 g/mol. The molecule has 0 aromatic carbocycles. The maximum absolute atomic E-state index is 6.08. The van der Waals surface area contributed by atoms with Gasteiger partial charge in [0.2, 0.25) is 0 Å². The molecule has 0 amide bonds. The molecule has 0 saturated heterocycles. The summed E-state index contributed by atoms with van der Waals surface area (Å²) in [7, 11) is 0. The zero-order chi connectivity index (χ0) is 10.3. The fourth-order valence-corrected chi connectivity index (χ4v) is 1.97. The summed E-state index contributed by atoms with van der Waals surface area (Å²) in [6.07, 6.45) is 8.45. The van der Waals surface area contributed by atoms with Gasteiger partial charge in [0, 0.05) is 11.7 Å². The number of aromatic nitrogens is 2. The van der Waals surface area contributed by atoms with Gasteiger partial charge in [-0.1, -0.05) is 6.07 Å². The lowest BCUT2D eigenvalue weighted by Gasteiger charge is -2.06. The second-order valence-corrected chi connectivity index (χ2v) is 4.56. The van der Waals surface area contributed by atoms with Crippen molar-refractivity contribution in [2.75, 3.05) is 0 Å². The number of rotatable bonds is 3. The molecule has 1 fully saturated rings. The molecule has 0 radical (unpaired) electrons. The third kappa shape index (κ3) is 1.63. The standard InChI is InChI=1S/C12H15N3/c13-12(6-7-12)5-4-10-9-14-15-8-2-1-3-11(10)15/h1-3,8-9H,4-7,13H2. The van der Waals surface area contributed by atoms with Gasteiger partial charge in [-0.15, -0.1) is 0 Å². The summed E-state index contributed by atoms with van der Waals surface area (Å²) in [6.45, 7) is 0. The van der Waals surface area contributed by atoms with E-state index in [1.165, 1.54) is 23.9 Å². The van der Waals surface area contributed by atoms with Crippen molar-refractivity contribution in [3.05, 3.63) is 36.2 Å². The minimum atomic E-state index is 0.142. The Morgan fingerprint density at radius 1 is 1.40 bits per heavy atom. The van der Waals surface area contributed by atoms with Gasteiger partial charge in [-0.2, -0.15) is 5.10 Å². The maximum atomic E-state index is 6.08. The Hall–Kier alpha value is -1.35. The van der Waals surface area contributed by atoms with E-state index in [2.05, 4.69) is 17.2 Å². The molecule has 1 aliphatic rings. The molecular weight excluding hydrogens is 186 g/mol. The smallest absolute Gasteiger partial charge is 0.0693 e. The summed E-state index contributed by atoms with van der Waals surface area (Å²) in [5, 5.41) is 4.32. The van der Waals surface area contributed by atoms with E-state index < -0.39 is 0 Å². The van der Waals surface area contributed by atoms with Gasteiger partial charge >= 0.3 is 0 Å². The molecule has 0 aliphatic heterocycles. The van der Waals surface area contributed by atoms with Crippen molar-refractivity contribution in [2.24, 2.45) is 5.73 Å². The van der Waals surface area contributed by atoms with Crippen molar-refractivity contribution in [1.82, 2.24) is 9.61 Å². The molecule has 1 aliphatic carbocycles. The molecule has 0 spiro atoms. The SMILES string of the molecule is NC1(CCc2cnn3ccccc23)CC1. The molecule has 0 bridgehead atoms. The van der Waals surface area contributed by atoms with E-state index in [0.29, 0.717) is 0 Å². The van der Waals surface area contributed by atoms with Gasteiger partial charge < -0.3 is 5.73 Å². The Labute approximate surface area is 88.9 Å². The van der Waals surface area contributed by atoms with Crippen LogP contribution in [0.5, 0.6) is 0 Å². The number of fused-ring (bicyclic) bond motifs is 1. The van der Waals surface area contributed by atoms with Gasteiger partial charge in [-0.05, 0) is 43.4 Å². The summed E-state index contributed by atoms with van der Waals surface area (Å²) in [5.74, 6) is 0. The zero-order valence-corrected chi connectivity index (χ0v) is 8.69. The largest absolute Gasteiger partial charge is 0.325 e. The summed E-state index contributed by atoms with van der Waals surface area (Å²) in [6, 6.07) is 6.16. The van der Waals surface area contributed by atoms with Crippen molar-refractivity contribution in [2.45, 2.75) is 31.2 Å². The summed E-state index contributed by atoms with van der Waals surface area (Å²) < 4.78 is 1.92. The van der Waals surface area contributed by atoms with Crippen molar-refractivity contribution in [3.63, 3.8) is 0 Å². The fraction of sp³-hybridized carbons (Fsp3) is 0.417. The van der Waals surface area contributed by atoms with E-state index in [9.17, 15) is 0 Å². The van der Waals surface area contributed by atoms with E-state index >= 15 is 0 Å². The number of aryl methyl sites for hydroxylation is 1. The molecule has 3 heteroatoms. The van der Waals surface area contributed by atoms with Crippen molar-refractivity contribution in [1.29, 1.82) is 0 Å². The summed E-state index contributed by atoms with van der Waals surface area (Å²) in [5.41, 5.74) is 8.74. The lowest BCUT2D eigenvalue weighted by Crippen LogP contribution is -2.21. The molecule has 2 heterocycles. The first-order chi connectivity index (χ1) is 7.27. The van der Waals surface area contributed by atoms with Crippen LogP contribution in [0.1, 0.15) is 24.8 Å². The van der Waals surface area contributed by atoms with Crippen LogP contribution in [0.3, 0.4) is 0 Å². The molecule has 15 heavy (non-hydrogen) atoms. The second-order valence-electron chi connectivity index (χ2n) is 4.56. The topological polar surface area (TPSA) is 43.3 Å². The molecule has 0 unspecified atom stereocenters. The van der Waals surface area contributed by atoms with Crippen LogP contribution in [0.4, 0.5) is 0 Å². The quantitative estimate of drug-likeness (QED) is 0.822. The molecule has 2 aromatic heterocycles. The highest BCUT2D eigenvalue weighted by molar-refractivity contribution is 5.53. The molecule has 3 rings (SSSR count). The van der Waals surface area contributed by atoms with Crippen LogP contribution < -0.4 is 5.73 Å². The van der Waals surface area contributed by atoms with Gasteiger partial charge in [-0.25, -0.2) is 4.52 Å². The highest BCUT2D eigenvalue weighted by Gasteiger charge is 2.37. The fourth-order valence-electron chi connectivity index (χ4n) is 1.97. The minimum absolute atomic E-state index is 0.142. The van der Waals surface area contributed by atoms with E-state index in [0.717, 1.165) is 12.8 Å². The van der Waals surface area contributed by atoms with E-state index in [1.54, 1.807) is 0 Å². The Morgan fingerprint density at radius 3 is 3.07 bits per heavy atom. The number of nitrogens with zero attached hydrogens (tertiary/aromatic N) is 2. The highest BCUT2D eigenvalue weighted by Crippen LogP contribution is 2.36. The Kier molecular flexibility index (Phi) is 1.83. The maximum Gasteiger partial charge on any atom is 0.0693 e. The van der Waals surface area contributed by atoms with Crippen molar-refractivity contribution in [3.8, 4) is 0 Å². The lowest BCUT2D eigenvalue weighted by molar-refractivity contribution is 0.610. The van der Waals surface area contributed by atoms with E-state index in [-0.39, 0.29) is 5.54 Å². The first kappa shape index (κ1) is 8.92. The van der Waals surface area contributed by atoms with Crippen LogP contribution in [0.2, 0.25) is 0 Å². The average molecular weight is 201 g/mol. The Bertz CT molecular complexity index is 482. The molecule has 2 N–H and O–H groups in total. The van der Waals surface area contributed by atoms with Gasteiger partial charge in [0.1, 0.15) is 0 Å². The predicted octanol–water partition coefficient (Wildman–Crippen LogP) is 1.76. The van der Waals surface area contributed by atoms with Gasteiger partial charge in [0.15, 0.2) is 0 Å². The van der Waals surface area contributed by atoms with Crippen LogP contribution in [0.15, 0.2) is 30.6 Å². The molecular formula is C12H15N3. The Balaban J connectivity index is 1.84. The molecule has 3 nitrogen and oxygen atoms in total. The normalized spacial score (nSPS) is 18.2. The third-order valence-corrected chi connectivity index (χ3v) is 3.29. The first-order valence-electron chi connectivity index (χ1n) is 5.47. The van der Waals surface area contributed by atoms with Gasteiger partial charge in [0.05, 0.1) is 11.7 Å². The van der Waals surface area contributed by atoms with Crippen LogP contribution in [0, 0.1) is 0 Å². The predicted molar refractivity (Wildman–Crippen MR) is 59.7 cm³/mol. The molecule has 1 saturated carbocycles. The van der Waals surface area contributed by atoms with Crippen LogP contribution in [-0.4, -0.2) is 15.2 Å². The van der Waals surface area contributed by atoms with Crippen molar-refractivity contribution >= 4 is 5.52 Å².